The van der Waals surface area contributed by atoms with Gasteiger partial charge in [0.25, 0.3) is 0 Å². The van der Waals surface area contributed by atoms with Crippen molar-refractivity contribution in [3.8, 4) is 0 Å². The fourth-order valence-corrected chi connectivity index (χ4v) is 3.05. The molecule has 2 aromatic rings. The zero-order valence-corrected chi connectivity index (χ0v) is 14.0. The number of amides is 1. The third-order valence-corrected chi connectivity index (χ3v) is 4.35. The van der Waals surface area contributed by atoms with Gasteiger partial charge in [0.2, 0.25) is 5.91 Å². The second-order valence-electron chi connectivity index (χ2n) is 6.58. The van der Waals surface area contributed by atoms with Crippen LogP contribution in [0.1, 0.15) is 62.1 Å². The van der Waals surface area contributed by atoms with Gasteiger partial charge in [-0.2, -0.15) is 5.10 Å². The Kier molecular flexibility index (Phi) is 4.50. The summed E-state index contributed by atoms with van der Waals surface area (Å²) in [6.07, 6.45) is 6.21. The van der Waals surface area contributed by atoms with Crippen LogP contribution in [0, 0.1) is 6.92 Å². The van der Waals surface area contributed by atoms with Gasteiger partial charge >= 0.3 is 0 Å². The maximum absolute atomic E-state index is 12.6. The number of hydrogen-bond donors (Lipinski definition) is 0. The number of carbonyl (C=O) groups excluding carboxylic acids is 1. The van der Waals surface area contributed by atoms with Crippen molar-refractivity contribution in [2.45, 2.75) is 58.5 Å². The highest BCUT2D eigenvalue weighted by atomic mass is 16.5. The van der Waals surface area contributed by atoms with Crippen LogP contribution in [0.2, 0.25) is 0 Å². The molecular weight excluding hydrogens is 292 g/mol. The van der Waals surface area contributed by atoms with Gasteiger partial charge in [0.15, 0.2) is 0 Å². The van der Waals surface area contributed by atoms with E-state index in [1.54, 1.807) is 0 Å². The lowest BCUT2D eigenvalue weighted by Gasteiger charge is -2.23. The Morgan fingerprint density at radius 1 is 1.48 bits per heavy atom. The Morgan fingerprint density at radius 2 is 2.30 bits per heavy atom. The van der Waals surface area contributed by atoms with Gasteiger partial charge in [-0.05, 0) is 25.3 Å². The first kappa shape index (κ1) is 15.8. The van der Waals surface area contributed by atoms with E-state index in [4.69, 9.17) is 4.52 Å². The molecule has 1 fully saturated rings. The van der Waals surface area contributed by atoms with Gasteiger partial charge in [0, 0.05) is 37.7 Å². The minimum absolute atomic E-state index is 0.0538. The first-order valence-electron chi connectivity index (χ1n) is 8.29. The Labute approximate surface area is 136 Å². The Hall–Kier alpha value is -2.11. The largest absolute Gasteiger partial charge is 0.361 e. The number of nitrogens with zero attached hydrogens (tertiary/aromatic N) is 4. The first-order valence-corrected chi connectivity index (χ1v) is 8.29. The first-order chi connectivity index (χ1) is 11.0. The summed E-state index contributed by atoms with van der Waals surface area (Å²) in [6, 6.07) is 2.05. The molecule has 1 atom stereocenters. The summed E-state index contributed by atoms with van der Waals surface area (Å²) in [5, 5.41) is 8.42. The second-order valence-corrected chi connectivity index (χ2v) is 6.58. The summed E-state index contributed by atoms with van der Waals surface area (Å²) >= 11 is 0. The van der Waals surface area contributed by atoms with Crippen molar-refractivity contribution in [3.63, 3.8) is 0 Å². The Balaban J connectivity index is 1.64. The van der Waals surface area contributed by atoms with E-state index in [-0.39, 0.29) is 11.9 Å². The average molecular weight is 316 g/mol. The molecule has 1 unspecified atom stereocenters. The highest BCUT2D eigenvalue weighted by Crippen LogP contribution is 2.33. The van der Waals surface area contributed by atoms with Gasteiger partial charge in [-0.15, -0.1) is 0 Å². The summed E-state index contributed by atoms with van der Waals surface area (Å²) in [4.78, 5) is 14.5. The van der Waals surface area contributed by atoms with Crippen molar-refractivity contribution in [2.75, 3.05) is 6.54 Å². The summed E-state index contributed by atoms with van der Waals surface area (Å²) < 4.78 is 7.22. The summed E-state index contributed by atoms with van der Waals surface area (Å²) in [6.45, 7) is 7.57. The maximum atomic E-state index is 12.6. The number of aryl methyl sites for hydroxylation is 2. The van der Waals surface area contributed by atoms with Crippen LogP contribution in [0.15, 0.2) is 23.0 Å². The van der Waals surface area contributed by atoms with Gasteiger partial charge < -0.3 is 9.42 Å². The molecule has 1 aliphatic rings. The van der Waals surface area contributed by atoms with Crippen LogP contribution in [0.4, 0.5) is 0 Å². The predicted molar refractivity (Wildman–Crippen MR) is 85.9 cm³/mol. The van der Waals surface area contributed by atoms with Crippen molar-refractivity contribution >= 4 is 5.91 Å². The van der Waals surface area contributed by atoms with Crippen LogP contribution >= 0.6 is 0 Å². The van der Waals surface area contributed by atoms with Crippen LogP contribution in [0.25, 0.3) is 0 Å². The molecule has 0 bridgehead atoms. The monoisotopic (exact) mass is 316 g/mol. The molecule has 1 saturated heterocycles. The SMILES string of the molecule is Cc1cnn(CCC(=O)N2CCCC2c2cc(C(C)C)on2)c1. The van der Waals surface area contributed by atoms with Crippen molar-refractivity contribution in [1.29, 1.82) is 0 Å². The topological polar surface area (TPSA) is 64.2 Å². The third-order valence-electron chi connectivity index (χ3n) is 4.35. The van der Waals surface area contributed by atoms with Crippen molar-refractivity contribution in [2.24, 2.45) is 0 Å². The fourth-order valence-electron chi connectivity index (χ4n) is 3.05. The molecule has 6 nitrogen and oxygen atoms in total. The van der Waals surface area contributed by atoms with E-state index in [0.29, 0.717) is 18.9 Å². The van der Waals surface area contributed by atoms with Gasteiger partial charge in [-0.25, -0.2) is 0 Å². The van der Waals surface area contributed by atoms with Gasteiger partial charge in [-0.1, -0.05) is 19.0 Å². The second kappa shape index (κ2) is 6.56. The molecule has 3 rings (SSSR count). The standard InChI is InChI=1S/C17H24N4O2/c1-12(2)16-9-14(19-23-16)15-5-4-7-21(15)17(22)6-8-20-11-13(3)10-18-20/h9-12,15H,4-8H2,1-3H3. The lowest BCUT2D eigenvalue weighted by atomic mass is 10.1. The Morgan fingerprint density at radius 3 is 2.96 bits per heavy atom. The molecule has 0 saturated carbocycles. The van der Waals surface area contributed by atoms with E-state index in [2.05, 4.69) is 24.1 Å². The lowest BCUT2D eigenvalue weighted by molar-refractivity contribution is -0.132. The number of hydrogen-bond acceptors (Lipinski definition) is 4. The van der Waals surface area contributed by atoms with E-state index in [1.807, 2.05) is 35.0 Å². The summed E-state index contributed by atoms with van der Waals surface area (Å²) in [5.41, 5.74) is 2.00. The van der Waals surface area contributed by atoms with Gasteiger partial charge in [0.05, 0.1) is 12.2 Å². The molecule has 23 heavy (non-hydrogen) atoms. The van der Waals surface area contributed by atoms with E-state index >= 15 is 0 Å². The molecule has 2 aromatic heterocycles. The van der Waals surface area contributed by atoms with Crippen LogP contribution in [0.3, 0.4) is 0 Å². The minimum Gasteiger partial charge on any atom is -0.361 e. The van der Waals surface area contributed by atoms with Gasteiger partial charge in [-0.3, -0.25) is 9.48 Å². The number of likely N-dealkylation sites (tertiary alicyclic amines) is 1. The van der Waals surface area contributed by atoms with E-state index in [1.165, 1.54) is 0 Å². The van der Waals surface area contributed by atoms with E-state index in [0.717, 1.165) is 36.4 Å². The molecule has 0 aromatic carbocycles. The maximum Gasteiger partial charge on any atom is 0.225 e. The highest BCUT2D eigenvalue weighted by molar-refractivity contribution is 5.76. The number of aromatic nitrogens is 3. The van der Waals surface area contributed by atoms with Crippen LogP contribution in [-0.4, -0.2) is 32.3 Å². The number of rotatable bonds is 5. The molecule has 1 aliphatic heterocycles. The molecule has 124 valence electrons. The van der Waals surface area contributed by atoms with Crippen molar-refractivity contribution < 1.29 is 9.32 Å². The molecule has 6 heteroatoms. The summed E-state index contributed by atoms with van der Waals surface area (Å²) in [7, 11) is 0. The molecule has 0 radical (unpaired) electrons. The van der Waals surface area contributed by atoms with E-state index < -0.39 is 0 Å². The van der Waals surface area contributed by atoms with Gasteiger partial charge in [0.1, 0.15) is 11.5 Å². The zero-order chi connectivity index (χ0) is 16.4. The third kappa shape index (κ3) is 3.46. The van der Waals surface area contributed by atoms with E-state index in [9.17, 15) is 4.79 Å². The molecule has 3 heterocycles. The minimum atomic E-state index is 0.0538. The molecule has 1 amide bonds. The Bertz CT molecular complexity index is 674. The van der Waals surface area contributed by atoms with Crippen molar-refractivity contribution in [3.05, 3.63) is 35.5 Å². The average Bonchev–Trinajstić information content (AvgIpc) is 3.24. The highest BCUT2D eigenvalue weighted by Gasteiger charge is 2.32. The van der Waals surface area contributed by atoms with Crippen LogP contribution < -0.4 is 0 Å². The zero-order valence-electron chi connectivity index (χ0n) is 14.0. The lowest BCUT2D eigenvalue weighted by Crippen LogP contribution is -2.31. The predicted octanol–water partition coefficient (Wildman–Crippen LogP) is 3.06. The van der Waals surface area contributed by atoms with Crippen LogP contribution in [0.5, 0.6) is 0 Å². The molecule has 0 aliphatic carbocycles. The molecule has 0 spiro atoms. The molecular formula is C17H24N4O2. The smallest absolute Gasteiger partial charge is 0.225 e. The fraction of sp³-hybridized carbons (Fsp3) is 0.588. The molecule has 0 N–H and O–H groups in total. The quantitative estimate of drug-likeness (QED) is 0.850. The number of carbonyl (C=O) groups is 1. The summed E-state index contributed by atoms with van der Waals surface area (Å²) in [5.74, 6) is 1.35. The van der Waals surface area contributed by atoms with Crippen molar-refractivity contribution in [1.82, 2.24) is 19.8 Å². The van der Waals surface area contributed by atoms with Crippen LogP contribution in [-0.2, 0) is 11.3 Å². The normalized spacial score (nSPS) is 18.1.